The summed E-state index contributed by atoms with van der Waals surface area (Å²) in [7, 11) is 0. The van der Waals surface area contributed by atoms with Crippen LogP contribution < -0.4 is 5.32 Å². The van der Waals surface area contributed by atoms with Gasteiger partial charge >= 0.3 is 0 Å². The average molecular weight is 315 g/mol. The molecule has 1 aliphatic rings. The monoisotopic (exact) mass is 314 g/mol. The minimum Gasteiger partial charge on any atom is -0.315 e. The van der Waals surface area contributed by atoms with Crippen molar-refractivity contribution in [3.8, 4) is 0 Å². The Kier molecular flexibility index (Phi) is 3.75. The Morgan fingerprint density at radius 3 is 2.60 bits per heavy atom. The summed E-state index contributed by atoms with van der Waals surface area (Å²) in [5, 5.41) is 2.55. The average Bonchev–Trinajstić information content (AvgIpc) is 2.37. The summed E-state index contributed by atoms with van der Waals surface area (Å²) in [5.41, 5.74) is -0.980. The number of halogens is 2. The Labute approximate surface area is 125 Å². The Morgan fingerprint density at radius 1 is 1.30 bits per heavy atom. The second-order valence-electron chi connectivity index (χ2n) is 4.93. The molecule has 1 aromatic carbocycles. The van der Waals surface area contributed by atoms with E-state index in [-0.39, 0.29) is 22.2 Å². The van der Waals surface area contributed by atoms with E-state index in [9.17, 15) is 14.4 Å². The van der Waals surface area contributed by atoms with Crippen molar-refractivity contribution in [3.63, 3.8) is 0 Å². The van der Waals surface area contributed by atoms with Gasteiger partial charge in [-0.1, -0.05) is 29.3 Å². The fraction of sp³-hybridized carbons (Fsp3) is 0.308. The van der Waals surface area contributed by atoms with Crippen LogP contribution in [0.1, 0.15) is 24.2 Å². The second-order valence-corrected chi connectivity index (χ2v) is 5.71. The molecule has 1 saturated heterocycles. The van der Waals surface area contributed by atoms with Crippen molar-refractivity contribution in [1.29, 1.82) is 0 Å². The smallest absolute Gasteiger partial charge is 0.256 e. The van der Waals surface area contributed by atoms with Gasteiger partial charge in [-0.3, -0.25) is 19.7 Å². The molecule has 0 radical (unpaired) electrons. The Bertz CT molecular complexity index is 614. The molecule has 0 saturated carbocycles. The highest BCUT2D eigenvalue weighted by Gasteiger charge is 2.44. The number of carbonyl (C=O) groups is 3. The highest BCUT2D eigenvalue weighted by Crippen LogP contribution is 2.29. The van der Waals surface area contributed by atoms with Crippen molar-refractivity contribution in [2.75, 3.05) is 6.54 Å². The molecule has 1 aliphatic heterocycles. The number of piperazine rings is 1. The van der Waals surface area contributed by atoms with Crippen molar-refractivity contribution in [2.45, 2.75) is 19.4 Å². The van der Waals surface area contributed by atoms with Crippen molar-refractivity contribution < 1.29 is 14.4 Å². The van der Waals surface area contributed by atoms with Gasteiger partial charge in [0.15, 0.2) is 0 Å². The van der Waals surface area contributed by atoms with Crippen LogP contribution in [0, 0.1) is 0 Å². The van der Waals surface area contributed by atoms with E-state index in [0.717, 1.165) is 0 Å². The van der Waals surface area contributed by atoms with Gasteiger partial charge < -0.3 is 4.90 Å². The third-order valence-electron chi connectivity index (χ3n) is 3.21. The predicted octanol–water partition coefficient (Wildman–Crippen LogP) is 1.87. The molecule has 0 bridgehead atoms. The maximum atomic E-state index is 12.5. The van der Waals surface area contributed by atoms with Gasteiger partial charge in [-0.05, 0) is 26.0 Å². The molecule has 5 nitrogen and oxygen atoms in total. The van der Waals surface area contributed by atoms with Gasteiger partial charge in [0.1, 0.15) is 12.1 Å². The molecule has 0 spiro atoms. The first-order chi connectivity index (χ1) is 9.25. The Hall–Kier alpha value is -1.59. The standard InChI is InChI=1S/C13H12Cl2N2O3/c1-13(2)12(20)16-9(18)6-17(13)11(19)7-4-3-5-8(14)10(7)15/h3-5H,6H2,1-2H3,(H,16,18,20). The topological polar surface area (TPSA) is 66.5 Å². The quantitative estimate of drug-likeness (QED) is 0.805. The molecule has 106 valence electrons. The Balaban J connectivity index is 2.43. The van der Waals surface area contributed by atoms with Crippen LogP contribution in [-0.4, -0.2) is 34.7 Å². The van der Waals surface area contributed by atoms with E-state index in [1.54, 1.807) is 26.0 Å². The van der Waals surface area contributed by atoms with Gasteiger partial charge in [-0.15, -0.1) is 0 Å². The van der Waals surface area contributed by atoms with Gasteiger partial charge in [0.2, 0.25) is 5.91 Å². The van der Waals surface area contributed by atoms with E-state index >= 15 is 0 Å². The molecule has 20 heavy (non-hydrogen) atoms. The number of amides is 3. The molecule has 1 aromatic rings. The molecule has 1 heterocycles. The first-order valence-corrected chi connectivity index (χ1v) is 6.61. The zero-order valence-corrected chi connectivity index (χ0v) is 12.4. The predicted molar refractivity (Wildman–Crippen MR) is 74.7 cm³/mol. The fourth-order valence-electron chi connectivity index (χ4n) is 1.92. The normalized spacial score (nSPS) is 17.9. The van der Waals surface area contributed by atoms with Crippen LogP contribution in [-0.2, 0) is 9.59 Å². The van der Waals surface area contributed by atoms with Crippen LogP contribution >= 0.6 is 23.2 Å². The molecular formula is C13H12Cl2N2O3. The molecule has 0 atom stereocenters. The van der Waals surface area contributed by atoms with Crippen LogP contribution in [0.3, 0.4) is 0 Å². The number of nitrogens with one attached hydrogen (secondary N) is 1. The van der Waals surface area contributed by atoms with Crippen LogP contribution in [0.5, 0.6) is 0 Å². The number of imide groups is 1. The van der Waals surface area contributed by atoms with Gasteiger partial charge in [0, 0.05) is 0 Å². The maximum Gasteiger partial charge on any atom is 0.256 e. The second kappa shape index (κ2) is 5.07. The Morgan fingerprint density at radius 2 is 1.95 bits per heavy atom. The van der Waals surface area contributed by atoms with Crippen molar-refractivity contribution in [1.82, 2.24) is 10.2 Å². The van der Waals surface area contributed by atoms with E-state index in [4.69, 9.17) is 23.2 Å². The zero-order chi connectivity index (χ0) is 15.1. The number of hydrogen-bond donors (Lipinski definition) is 1. The summed E-state index contributed by atoms with van der Waals surface area (Å²) in [5.74, 6) is -1.56. The van der Waals surface area contributed by atoms with Gasteiger partial charge in [-0.25, -0.2) is 0 Å². The van der Waals surface area contributed by atoms with E-state index in [2.05, 4.69) is 5.32 Å². The minimum absolute atomic E-state index is 0.105. The lowest BCUT2D eigenvalue weighted by Gasteiger charge is -2.40. The van der Waals surface area contributed by atoms with Crippen LogP contribution in [0.2, 0.25) is 10.0 Å². The SMILES string of the molecule is CC1(C)C(=O)NC(=O)CN1C(=O)c1cccc(Cl)c1Cl. The molecular weight excluding hydrogens is 303 g/mol. The molecule has 2 rings (SSSR count). The molecule has 0 unspecified atom stereocenters. The number of carbonyl (C=O) groups excluding carboxylic acids is 3. The number of rotatable bonds is 1. The molecule has 1 fully saturated rings. The summed E-state index contributed by atoms with van der Waals surface area (Å²) >= 11 is 11.9. The maximum absolute atomic E-state index is 12.5. The lowest BCUT2D eigenvalue weighted by Crippen LogP contribution is -2.65. The first kappa shape index (κ1) is 14.8. The van der Waals surface area contributed by atoms with Gasteiger partial charge in [-0.2, -0.15) is 0 Å². The number of nitrogens with zero attached hydrogens (tertiary/aromatic N) is 1. The summed E-state index contributed by atoms with van der Waals surface area (Å²) < 4.78 is 0. The van der Waals surface area contributed by atoms with E-state index in [0.29, 0.717) is 0 Å². The number of hydrogen-bond acceptors (Lipinski definition) is 3. The highest BCUT2D eigenvalue weighted by atomic mass is 35.5. The van der Waals surface area contributed by atoms with Crippen LogP contribution in [0.15, 0.2) is 18.2 Å². The van der Waals surface area contributed by atoms with E-state index in [1.807, 2.05) is 0 Å². The summed E-state index contributed by atoms with van der Waals surface area (Å²) in [4.78, 5) is 37.0. The minimum atomic E-state index is -1.14. The van der Waals surface area contributed by atoms with Crippen LogP contribution in [0.4, 0.5) is 0 Å². The summed E-state index contributed by atoms with van der Waals surface area (Å²) in [6.07, 6.45) is 0. The third-order valence-corrected chi connectivity index (χ3v) is 4.03. The lowest BCUT2D eigenvalue weighted by atomic mass is 9.97. The first-order valence-electron chi connectivity index (χ1n) is 5.85. The molecule has 0 aliphatic carbocycles. The number of benzene rings is 1. The molecule has 7 heteroatoms. The van der Waals surface area contributed by atoms with Gasteiger partial charge in [0.05, 0.1) is 15.6 Å². The third kappa shape index (κ3) is 2.39. The van der Waals surface area contributed by atoms with E-state index in [1.165, 1.54) is 11.0 Å². The lowest BCUT2D eigenvalue weighted by molar-refractivity contribution is -0.143. The molecule has 3 amide bonds. The fourth-order valence-corrected chi connectivity index (χ4v) is 2.30. The van der Waals surface area contributed by atoms with Crippen LogP contribution in [0.25, 0.3) is 0 Å². The molecule has 0 aromatic heterocycles. The highest BCUT2D eigenvalue weighted by molar-refractivity contribution is 6.43. The van der Waals surface area contributed by atoms with Crippen molar-refractivity contribution in [2.24, 2.45) is 0 Å². The largest absolute Gasteiger partial charge is 0.315 e. The van der Waals surface area contributed by atoms with E-state index < -0.39 is 23.3 Å². The van der Waals surface area contributed by atoms with Gasteiger partial charge in [0.25, 0.3) is 11.8 Å². The van der Waals surface area contributed by atoms with Crippen molar-refractivity contribution in [3.05, 3.63) is 33.8 Å². The summed E-state index contributed by atoms with van der Waals surface area (Å²) in [6, 6.07) is 4.64. The zero-order valence-electron chi connectivity index (χ0n) is 10.9. The molecule has 1 N–H and O–H groups in total. The van der Waals surface area contributed by atoms with Crippen molar-refractivity contribution >= 4 is 40.9 Å². The summed E-state index contributed by atoms with van der Waals surface area (Å²) in [6.45, 7) is 2.91.